The molecule has 0 fully saturated rings. The maximum atomic E-state index is 5.70. The summed E-state index contributed by atoms with van der Waals surface area (Å²) in [4.78, 5) is 0. The van der Waals surface area contributed by atoms with Crippen molar-refractivity contribution in [2.24, 2.45) is 17.7 Å². The van der Waals surface area contributed by atoms with E-state index in [1.165, 1.54) is 32.1 Å². The van der Waals surface area contributed by atoms with E-state index in [1.807, 2.05) is 0 Å². The molecule has 0 spiro atoms. The van der Waals surface area contributed by atoms with Gasteiger partial charge >= 0.3 is 0 Å². The molecule has 0 aliphatic heterocycles. The minimum atomic E-state index is 0.845. The summed E-state index contributed by atoms with van der Waals surface area (Å²) >= 11 is 0. The molecule has 0 aromatic carbocycles. The summed E-state index contributed by atoms with van der Waals surface area (Å²) in [6.45, 7) is 14.7. The topological polar surface area (TPSA) is 38.0 Å². The zero-order valence-electron chi connectivity index (χ0n) is 13.3. The highest BCUT2D eigenvalue weighted by molar-refractivity contribution is 4.65. The first-order valence-corrected chi connectivity index (χ1v) is 7.92. The molecule has 0 rings (SSSR count). The summed E-state index contributed by atoms with van der Waals surface area (Å²) in [6.07, 6.45) is 6.63. The van der Waals surface area contributed by atoms with E-state index < -0.39 is 0 Å². The van der Waals surface area contributed by atoms with E-state index in [4.69, 9.17) is 5.84 Å². The number of nitrogens with two attached hydrogens (primary N) is 1. The number of nitrogens with one attached hydrogen (secondary N) is 1. The molecule has 0 aliphatic carbocycles. The molecule has 2 atom stereocenters. The van der Waals surface area contributed by atoms with Gasteiger partial charge in [0.15, 0.2) is 0 Å². The average Bonchev–Trinajstić information content (AvgIpc) is 2.41. The first kappa shape index (κ1) is 17.9. The molecule has 0 saturated heterocycles. The molecular weight excluding hydrogens is 224 g/mol. The average molecular weight is 260 g/mol. The van der Waals surface area contributed by atoms with Gasteiger partial charge in [0.2, 0.25) is 0 Å². The highest BCUT2D eigenvalue weighted by Gasteiger charge is 2.22. The Labute approximate surface area is 115 Å². The fourth-order valence-electron chi connectivity index (χ4n) is 3.00. The van der Waals surface area contributed by atoms with Crippen LogP contribution in [-0.2, 0) is 0 Å². The smallest absolute Gasteiger partial charge is 0.0973 e. The van der Waals surface area contributed by atoms with Crippen LogP contribution >= 0.6 is 0 Å². The first-order chi connectivity index (χ1) is 8.59. The summed E-state index contributed by atoms with van der Waals surface area (Å²) in [6, 6.07) is 0. The molecule has 0 radical (unpaired) electrons. The molecule has 110 valence electrons. The van der Waals surface area contributed by atoms with Gasteiger partial charge in [-0.1, -0.05) is 40.0 Å². The van der Waals surface area contributed by atoms with Gasteiger partial charge in [-0.25, -0.2) is 10.4 Å². The molecule has 0 aliphatic rings. The van der Waals surface area contributed by atoms with Crippen molar-refractivity contribution in [1.82, 2.24) is 5.53 Å². The molecule has 0 heterocycles. The van der Waals surface area contributed by atoms with Gasteiger partial charge in [0.05, 0.1) is 19.6 Å². The summed E-state index contributed by atoms with van der Waals surface area (Å²) in [5.41, 5.74) is 2.99. The van der Waals surface area contributed by atoms with Crippen LogP contribution < -0.4 is 11.4 Å². The van der Waals surface area contributed by atoms with Gasteiger partial charge in [0.25, 0.3) is 0 Å². The van der Waals surface area contributed by atoms with Gasteiger partial charge in [0, 0.05) is 0 Å². The van der Waals surface area contributed by atoms with Crippen LogP contribution in [0.5, 0.6) is 0 Å². The minimum absolute atomic E-state index is 0.845. The van der Waals surface area contributed by atoms with Crippen LogP contribution in [0, 0.1) is 11.8 Å². The lowest BCUT2D eigenvalue weighted by Gasteiger charge is -2.34. The Morgan fingerprint density at radius 1 is 1.06 bits per heavy atom. The van der Waals surface area contributed by atoms with Crippen LogP contribution in [0.25, 0.3) is 0 Å². The van der Waals surface area contributed by atoms with Gasteiger partial charge in [-0.3, -0.25) is 0 Å². The minimum Gasteiger partial charge on any atom is -0.232 e. The largest absolute Gasteiger partial charge is 0.232 e. The Bertz CT molecular complexity index is 182. The summed E-state index contributed by atoms with van der Waals surface area (Å²) in [5, 5.41) is 0. The zero-order valence-corrected chi connectivity index (χ0v) is 13.3. The molecule has 0 amide bonds. The molecule has 3 heteroatoms. The maximum Gasteiger partial charge on any atom is 0.0973 e. The van der Waals surface area contributed by atoms with Crippen molar-refractivity contribution >= 4 is 0 Å². The van der Waals surface area contributed by atoms with Crippen LogP contribution in [0.4, 0.5) is 0 Å². The second kappa shape index (κ2) is 9.76. The standard InChI is InChI=1S/C15H36N3/c1-6-11-15(7-2)14(5)12-10-13-18(8-3,9-4)17-16/h14-15,17H,6-13,16H2,1-5H3/q+1/i18+2. The van der Waals surface area contributed by atoms with Gasteiger partial charge in [-0.05, 0) is 38.5 Å². The Kier molecular flexibility index (Phi) is 9.70. The number of hydrazine groups is 1. The highest BCUT2D eigenvalue weighted by atomic mass is 17.0. The monoisotopic (exact) mass is 260 g/mol. The predicted octanol–water partition coefficient (Wildman–Crippen LogP) is 3.46. The molecule has 0 saturated carbocycles. The molecule has 3 nitrogen and oxygen atoms in total. The predicted molar refractivity (Wildman–Crippen MR) is 80.6 cm³/mol. The van der Waals surface area contributed by atoms with E-state index in [0.717, 1.165) is 36.1 Å². The van der Waals surface area contributed by atoms with Crippen molar-refractivity contribution in [3.63, 3.8) is 0 Å². The zero-order chi connectivity index (χ0) is 14.0. The van der Waals surface area contributed by atoms with Crippen LogP contribution in [0.2, 0.25) is 0 Å². The fourth-order valence-corrected chi connectivity index (χ4v) is 3.00. The number of hydrogen-bond acceptors (Lipinski definition) is 2. The van der Waals surface area contributed by atoms with Crippen molar-refractivity contribution in [3.8, 4) is 0 Å². The van der Waals surface area contributed by atoms with E-state index in [1.54, 1.807) is 0 Å². The Morgan fingerprint density at radius 2 is 1.67 bits per heavy atom. The molecule has 0 aromatic heterocycles. The van der Waals surface area contributed by atoms with Crippen molar-refractivity contribution in [2.45, 2.75) is 66.7 Å². The summed E-state index contributed by atoms with van der Waals surface area (Å²) in [5.74, 6) is 7.46. The Hall–Kier alpha value is -0.120. The second-order valence-corrected chi connectivity index (χ2v) is 5.71. The fraction of sp³-hybridized carbons (Fsp3) is 1.00. The third-order valence-corrected chi connectivity index (χ3v) is 4.72. The third-order valence-electron chi connectivity index (χ3n) is 4.72. The van der Waals surface area contributed by atoms with Crippen LogP contribution in [0.3, 0.4) is 0 Å². The third kappa shape index (κ3) is 5.68. The maximum absolute atomic E-state index is 5.70. The number of quaternary nitrogens is 1. The van der Waals surface area contributed by atoms with Gasteiger partial charge in [-0.2, -0.15) is 0 Å². The van der Waals surface area contributed by atoms with Crippen molar-refractivity contribution in [1.29, 1.82) is 0 Å². The van der Waals surface area contributed by atoms with Crippen molar-refractivity contribution in [2.75, 3.05) is 19.6 Å². The van der Waals surface area contributed by atoms with E-state index >= 15 is 0 Å². The van der Waals surface area contributed by atoms with E-state index in [-0.39, 0.29) is 0 Å². The lowest BCUT2D eigenvalue weighted by molar-refractivity contribution is -0.968. The van der Waals surface area contributed by atoms with Crippen LogP contribution in [0.1, 0.15) is 66.7 Å². The van der Waals surface area contributed by atoms with Crippen molar-refractivity contribution in [3.05, 3.63) is 0 Å². The van der Waals surface area contributed by atoms with E-state index in [0.29, 0.717) is 0 Å². The van der Waals surface area contributed by atoms with Crippen LogP contribution in [0.15, 0.2) is 0 Å². The second-order valence-electron chi connectivity index (χ2n) is 5.71. The number of hydrogen-bond donors (Lipinski definition) is 2. The van der Waals surface area contributed by atoms with Gasteiger partial charge < -0.3 is 0 Å². The normalized spacial score (nSPS) is 15.7. The Balaban J connectivity index is 4.08. The molecule has 3 N–H and O–H groups in total. The number of rotatable bonds is 11. The summed E-state index contributed by atoms with van der Waals surface area (Å²) in [7, 11) is 0. The molecular formula is C15H36N3+. The van der Waals surface area contributed by atoms with E-state index in [9.17, 15) is 0 Å². The molecule has 0 bridgehead atoms. The lowest BCUT2D eigenvalue weighted by atomic mass is 9.85. The van der Waals surface area contributed by atoms with Gasteiger partial charge in [0.1, 0.15) is 0 Å². The van der Waals surface area contributed by atoms with E-state index in [2.05, 4.69) is 40.2 Å². The SMILES string of the molecule is CCCC(CC)C(C)CCC[16N+](CC)(CC)NN. The Morgan fingerprint density at radius 3 is 2.06 bits per heavy atom. The quantitative estimate of drug-likeness (QED) is 0.339. The molecule has 18 heavy (non-hydrogen) atoms. The van der Waals surface area contributed by atoms with Crippen LogP contribution in [-0.4, -0.2) is 24.2 Å². The molecule has 0 aromatic rings. The lowest BCUT2D eigenvalue weighted by Crippen LogP contribution is -2.61. The highest BCUT2D eigenvalue weighted by Crippen LogP contribution is 2.25. The summed E-state index contributed by atoms with van der Waals surface area (Å²) < 4.78 is 0.845. The molecule has 2 unspecified atom stereocenters. The van der Waals surface area contributed by atoms with Gasteiger partial charge in [-0.15, -0.1) is 5.53 Å². The number of nitrogens with zero attached hydrogens (tertiary/aromatic N) is 1. The van der Waals surface area contributed by atoms with Crippen molar-refractivity contribution < 1.29 is 4.59 Å². The first-order valence-electron chi connectivity index (χ1n) is 7.92.